The zero-order chi connectivity index (χ0) is 15.5. The third kappa shape index (κ3) is 4.33. The highest BCUT2D eigenvalue weighted by Crippen LogP contribution is 2.39. The summed E-state index contributed by atoms with van der Waals surface area (Å²) in [6.07, 6.45) is 6.79. The van der Waals surface area contributed by atoms with Gasteiger partial charge in [-0.15, -0.1) is 0 Å². The van der Waals surface area contributed by atoms with Gasteiger partial charge in [-0.25, -0.2) is 0 Å². The molecule has 1 saturated carbocycles. The van der Waals surface area contributed by atoms with Crippen LogP contribution in [-0.4, -0.2) is 18.1 Å². The zero-order valence-electron chi connectivity index (χ0n) is 13.6. The first-order valence-corrected chi connectivity index (χ1v) is 8.18. The molecule has 0 saturated heterocycles. The van der Waals surface area contributed by atoms with Crippen molar-refractivity contribution in [1.82, 2.24) is 4.98 Å². The molecule has 0 aliphatic heterocycles. The van der Waals surface area contributed by atoms with Gasteiger partial charge in [0.15, 0.2) is 0 Å². The van der Waals surface area contributed by atoms with Gasteiger partial charge in [-0.3, -0.25) is 4.98 Å². The van der Waals surface area contributed by atoms with Gasteiger partial charge in [0.25, 0.3) is 0 Å². The van der Waals surface area contributed by atoms with Crippen LogP contribution in [0.15, 0.2) is 12.3 Å². The molecule has 3 nitrogen and oxygen atoms in total. The SMILES string of the molecule is COCc1nccc(N[C@H]2CC[C@@H](C(C)(C)C)CC2)c1Cl. The number of rotatable bonds is 4. The Morgan fingerprint density at radius 1 is 1.29 bits per heavy atom. The summed E-state index contributed by atoms with van der Waals surface area (Å²) in [5.74, 6) is 0.826. The van der Waals surface area contributed by atoms with Crippen molar-refractivity contribution in [1.29, 1.82) is 0 Å². The van der Waals surface area contributed by atoms with E-state index in [2.05, 4.69) is 31.1 Å². The highest BCUT2D eigenvalue weighted by atomic mass is 35.5. The molecule has 1 N–H and O–H groups in total. The van der Waals surface area contributed by atoms with E-state index in [1.54, 1.807) is 13.3 Å². The quantitative estimate of drug-likeness (QED) is 0.859. The molecule has 1 heterocycles. The molecule has 21 heavy (non-hydrogen) atoms. The Bertz CT molecular complexity index is 462. The second kappa shape index (κ2) is 6.97. The van der Waals surface area contributed by atoms with E-state index in [-0.39, 0.29) is 0 Å². The second-order valence-electron chi connectivity index (χ2n) is 7.11. The molecular weight excluding hydrogens is 284 g/mol. The first kappa shape index (κ1) is 16.6. The molecule has 2 rings (SSSR count). The molecular formula is C17H27ClN2O. The summed E-state index contributed by atoms with van der Waals surface area (Å²) < 4.78 is 5.13. The maximum Gasteiger partial charge on any atom is 0.0900 e. The summed E-state index contributed by atoms with van der Waals surface area (Å²) in [5, 5.41) is 4.28. The average molecular weight is 311 g/mol. The number of halogens is 1. The van der Waals surface area contributed by atoms with Crippen LogP contribution in [0, 0.1) is 11.3 Å². The van der Waals surface area contributed by atoms with Gasteiger partial charge in [-0.1, -0.05) is 32.4 Å². The normalized spacial score (nSPS) is 23.1. The maximum atomic E-state index is 6.40. The standard InChI is InChI=1S/C17H27ClN2O/c1-17(2,3)12-5-7-13(8-6-12)20-14-9-10-19-15(11-21-4)16(14)18/h9-10,12-13H,5-8,11H2,1-4H3,(H,19,20)/t12-,13+. The summed E-state index contributed by atoms with van der Waals surface area (Å²) in [6.45, 7) is 7.50. The van der Waals surface area contributed by atoms with Crippen LogP contribution in [0.1, 0.15) is 52.1 Å². The Morgan fingerprint density at radius 3 is 2.52 bits per heavy atom. The van der Waals surface area contributed by atoms with Crippen LogP contribution in [0.5, 0.6) is 0 Å². The van der Waals surface area contributed by atoms with E-state index >= 15 is 0 Å². The van der Waals surface area contributed by atoms with Gasteiger partial charge in [0.2, 0.25) is 0 Å². The van der Waals surface area contributed by atoms with Crippen LogP contribution in [0.3, 0.4) is 0 Å². The molecule has 1 aliphatic rings. The van der Waals surface area contributed by atoms with Crippen molar-refractivity contribution >= 4 is 17.3 Å². The first-order chi connectivity index (χ1) is 9.91. The maximum absolute atomic E-state index is 6.40. The molecule has 0 spiro atoms. The Hall–Kier alpha value is -0.800. The number of nitrogens with zero attached hydrogens (tertiary/aromatic N) is 1. The van der Waals surface area contributed by atoms with Crippen molar-refractivity contribution in [3.63, 3.8) is 0 Å². The minimum atomic E-state index is 0.422. The van der Waals surface area contributed by atoms with E-state index < -0.39 is 0 Å². The van der Waals surface area contributed by atoms with E-state index in [1.807, 2.05) is 6.07 Å². The topological polar surface area (TPSA) is 34.1 Å². The van der Waals surface area contributed by atoms with Crippen molar-refractivity contribution in [2.75, 3.05) is 12.4 Å². The predicted octanol–water partition coefficient (Wildman–Crippen LogP) is 4.90. The van der Waals surface area contributed by atoms with Gasteiger partial charge < -0.3 is 10.1 Å². The van der Waals surface area contributed by atoms with E-state index in [0.29, 0.717) is 23.1 Å². The minimum Gasteiger partial charge on any atom is -0.381 e. The van der Waals surface area contributed by atoms with E-state index in [9.17, 15) is 0 Å². The summed E-state index contributed by atoms with van der Waals surface area (Å²) in [7, 11) is 1.66. The third-order valence-electron chi connectivity index (χ3n) is 4.55. The average Bonchev–Trinajstić information content (AvgIpc) is 2.43. The van der Waals surface area contributed by atoms with E-state index in [4.69, 9.17) is 16.3 Å². The fourth-order valence-electron chi connectivity index (χ4n) is 3.16. The molecule has 1 fully saturated rings. The van der Waals surface area contributed by atoms with Crippen LogP contribution < -0.4 is 5.32 Å². The monoisotopic (exact) mass is 310 g/mol. The fourth-order valence-corrected chi connectivity index (χ4v) is 3.38. The summed E-state index contributed by atoms with van der Waals surface area (Å²) in [4.78, 5) is 4.27. The lowest BCUT2D eigenvalue weighted by atomic mass is 9.71. The van der Waals surface area contributed by atoms with Gasteiger partial charge in [0, 0.05) is 19.3 Å². The molecule has 1 aromatic heterocycles. The lowest BCUT2D eigenvalue weighted by molar-refractivity contribution is 0.173. The lowest BCUT2D eigenvalue weighted by Crippen LogP contribution is -2.31. The van der Waals surface area contributed by atoms with E-state index in [0.717, 1.165) is 17.3 Å². The van der Waals surface area contributed by atoms with Crippen LogP contribution in [0.4, 0.5) is 5.69 Å². The number of anilines is 1. The molecule has 0 aromatic carbocycles. The van der Waals surface area contributed by atoms with Gasteiger partial charge in [-0.05, 0) is 43.1 Å². The summed E-state index contributed by atoms with van der Waals surface area (Å²) in [6, 6.07) is 2.47. The van der Waals surface area contributed by atoms with Crippen LogP contribution in [-0.2, 0) is 11.3 Å². The summed E-state index contributed by atoms with van der Waals surface area (Å²) >= 11 is 6.40. The van der Waals surface area contributed by atoms with Crippen LogP contribution in [0.25, 0.3) is 0 Å². The third-order valence-corrected chi connectivity index (χ3v) is 4.98. The van der Waals surface area contributed by atoms with E-state index in [1.165, 1.54) is 25.7 Å². The fraction of sp³-hybridized carbons (Fsp3) is 0.706. The molecule has 118 valence electrons. The van der Waals surface area contributed by atoms with Gasteiger partial charge in [0.1, 0.15) is 0 Å². The minimum absolute atomic E-state index is 0.422. The number of ether oxygens (including phenoxy) is 1. The van der Waals surface area contributed by atoms with Crippen LogP contribution in [0.2, 0.25) is 5.02 Å². The number of nitrogens with one attached hydrogen (secondary N) is 1. The Balaban J connectivity index is 1.96. The molecule has 0 atom stereocenters. The first-order valence-electron chi connectivity index (χ1n) is 7.80. The molecule has 0 bridgehead atoms. The van der Waals surface area contributed by atoms with Crippen molar-refractivity contribution in [2.24, 2.45) is 11.3 Å². The molecule has 1 aromatic rings. The van der Waals surface area contributed by atoms with Crippen molar-refractivity contribution < 1.29 is 4.74 Å². The summed E-state index contributed by atoms with van der Waals surface area (Å²) in [5.41, 5.74) is 2.20. The largest absolute Gasteiger partial charge is 0.381 e. The predicted molar refractivity (Wildman–Crippen MR) is 88.8 cm³/mol. The molecule has 0 amide bonds. The highest BCUT2D eigenvalue weighted by molar-refractivity contribution is 6.33. The molecule has 4 heteroatoms. The zero-order valence-corrected chi connectivity index (χ0v) is 14.3. The Kier molecular flexibility index (Phi) is 5.50. The second-order valence-corrected chi connectivity index (χ2v) is 7.49. The number of pyridine rings is 1. The number of aromatic nitrogens is 1. The highest BCUT2D eigenvalue weighted by Gasteiger charge is 2.29. The lowest BCUT2D eigenvalue weighted by Gasteiger charge is -2.37. The number of hydrogen-bond donors (Lipinski definition) is 1. The Morgan fingerprint density at radius 2 is 1.95 bits per heavy atom. The molecule has 1 aliphatic carbocycles. The number of methoxy groups -OCH3 is 1. The van der Waals surface area contributed by atoms with Crippen molar-refractivity contribution in [3.8, 4) is 0 Å². The smallest absolute Gasteiger partial charge is 0.0900 e. The van der Waals surface area contributed by atoms with Gasteiger partial charge in [0.05, 0.1) is 23.0 Å². The molecule has 0 unspecified atom stereocenters. The Labute approximate surface area is 133 Å². The van der Waals surface area contributed by atoms with Crippen molar-refractivity contribution in [3.05, 3.63) is 23.0 Å². The van der Waals surface area contributed by atoms with Gasteiger partial charge in [-0.2, -0.15) is 0 Å². The number of hydrogen-bond acceptors (Lipinski definition) is 3. The van der Waals surface area contributed by atoms with Crippen molar-refractivity contribution in [2.45, 2.75) is 59.1 Å². The van der Waals surface area contributed by atoms with Gasteiger partial charge >= 0.3 is 0 Å². The van der Waals surface area contributed by atoms with Crippen LogP contribution >= 0.6 is 11.6 Å². The molecule has 0 radical (unpaired) electrons.